The number of carbonyl (C=O) groups is 1. The van der Waals surface area contributed by atoms with Gasteiger partial charge in [0.1, 0.15) is 18.2 Å². The van der Waals surface area contributed by atoms with Crippen LogP contribution in [-0.2, 0) is 0 Å². The molecule has 2 unspecified atom stereocenters. The number of aliphatic imine (C=N–C) groups is 1. The Labute approximate surface area is 214 Å². The molecule has 0 aliphatic carbocycles. The van der Waals surface area contributed by atoms with Crippen molar-refractivity contribution < 1.29 is 27.4 Å². The number of halogens is 3. The number of nitrogens with two attached hydrogens (primary N) is 2. The summed E-state index contributed by atoms with van der Waals surface area (Å²) in [5, 5.41) is 4.86. The molecule has 2 atom stereocenters. The van der Waals surface area contributed by atoms with Gasteiger partial charge in [-0.15, -0.1) is 0 Å². The number of H-pyrrole nitrogens is 1. The van der Waals surface area contributed by atoms with E-state index >= 15 is 0 Å². The highest BCUT2D eigenvalue weighted by atomic mass is 19.3. The summed E-state index contributed by atoms with van der Waals surface area (Å²) in [4.78, 5) is 20.5. The number of hydrogen-bond donors (Lipinski definition) is 3. The summed E-state index contributed by atoms with van der Waals surface area (Å²) >= 11 is 0. The molecular weight excluding hydrogens is 501 g/mol. The van der Waals surface area contributed by atoms with E-state index in [2.05, 4.69) is 15.1 Å². The highest BCUT2D eigenvalue weighted by Gasteiger charge is 2.27. The van der Waals surface area contributed by atoms with Crippen molar-refractivity contribution in [1.29, 1.82) is 0 Å². The SMILES string of the molecule is CC1C=C(Oc2ccccc2F)N=CC1n1ncc(C(=O)c2cc3cc(OCC(F)F)c(N)cc3[nH]2)c1N. The summed E-state index contributed by atoms with van der Waals surface area (Å²) in [6, 6.07) is 10.1. The van der Waals surface area contributed by atoms with Gasteiger partial charge in [-0.05, 0) is 36.4 Å². The molecule has 5 N–H and O–H groups in total. The van der Waals surface area contributed by atoms with E-state index in [0.717, 1.165) is 0 Å². The summed E-state index contributed by atoms with van der Waals surface area (Å²) in [7, 11) is 0. The van der Waals surface area contributed by atoms with Crippen LogP contribution in [-0.4, -0.2) is 39.8 Å². The van der Waals surface area contributed by atoms with Crippen molar-refractivity contribution in [2.45, 2.75) is 19.4 Å². The van der Waals surface area contributed by atoms with E-state index in [-0.39, 0.29) is 46.1 Å². The summed E-state index contributed by atoms with van der Waals surface area (Å²) in [5.41, 5.74) is 13.3. The lowest BCUT2D eigenvalue weighted by Crippen LogP contribution is -2.24. The topological polar surface area (TPSA) is 134 Å². The molecule has 0 radical (unpaired) electrons. The van der Waals surface area contributed by atoms with Crippen LogP contribution in [0.5, 0.6) is 11.5 Å². The van der Waals surface area contributed by atoms with Crippen LogP contribution >= 0.6 is 0 Å². The number of para-hydroxylation sites is 1. The molecule has 0 saturated heterocycles. The van der Waals surface area contributed by atoms with E-state index in [1.165, 1.54) is 35.1 Å². The molecule has 0 spiro atoms. The number of alkyl halides is 2. The van der Waals surface area contributed by atoms with Crippen LogP contribution in [0.15, 0.2) is 65.6 Å². The van der Waals surface area contributed by atoms with Crippen molar-refractivity contribution >= 4 is 34.4 Å². The molecule has 4 aromatic rings. The molecule has 0 saturated carbocycles. The molecule has 2 aromatic carbocycles. The van der Waals surface area contributed by atoms with Gasteiger partial charge in [0.2, 0.25) is 11.7 Å². The summed E-state index contributed by atoms with van der Waals surface area (Å²) in [6.45, 7) is 1.09. The van der Waals surface area contributed by atoms with Crippen LogP contribution in [0.3, 0.4) is 0 Å². The second kappa shape index (κ2) is 9.96. The lowest BCUT2D eigenvalue weighted by molar-refractivity contribution is 0.0823. The number of aromatic nitrogens is 3. The fourth-order valence-corrected chi connectivity index (χ4v) is 4.14. The number of ether oxygens (including phenoxy) is 2. The quantitative estimate of drug-likeness (QED) is 0.226. The molecule has 1 aliphatic rings. The Morgan fingerprint density at radius 1 is 1.18 bits per heavy atom. The third-order valence-electron chi connectivity index (χ3n) is 6.07. The number of nitrogen functional groups attached to an aromatic ring is 2. The second-order valence-corrected chi connectivity index (χ2v) is 8.74. The number of nitrogens with one attached hydrogen (secondary N) is 1. The molecule has 0 amide bonds. The molecule has 1 aliphatic heterocycles. The number of benzene rings is 2. The lowest BCUT2D eigenvalue weighted by Gasteiger charge is -2.23. The maximum absolute atomic E-state index is 13.9. The summed E-state index contributed by atoms with van der Waals surface area (Å²) < 4.78 is 51.0. The molecule has 0 fully saturated rings. The van der Waals surface area contributed by atoms with E-state index in [1.807, 2.05) is 6.92 Å². The zero-order valence-corrected chi connectivity index (χ0v) is 20.1. The number of allylic oxidation sites excluding steroid dienone is 1. The third-order valence-corrected chi connectivity index (χ3v) is 6.07. The van der Waals surface area contributed by atoms with Crippen molar-refractivity contribution in [2.24, 2.45) is 10.9 Å². The third kappa shape index (κ3) is 4.80. The van der Waals surface area contributed by atoms with E-state index in [9.17, 15) is 18.0 Å². The maximum Gasteiger partial charge on any atom is 0.272 e. The standard InChI is InChI=1S/C26H23F3N6O3/c1-13-6-24(38-21-5-3-2-4-16(21)27)32-11-20(13)35-26(31)15(10-33-35)25(36)19-7-14-8-22(37-12-23(28)29)17(30)9-18(14)34-19/h2-11,13,20,23,34H,12,30-31H2,1H3. The van der Waals surface area contributed by atoms with Gasteiger partial charge in [0.05, 0.1) is 29.2 Å². The summed E-state index contributed by atoms with van der Waals surface area (Å²) in [6.07, 6.45) is 2.01. The highest BCUT2D eigenvalue weighted by Crippen LogP contribution is 2.32. The number of nitrogens with zero attached hydrogens (tertiary/aromatic N) is 3. The fourth-order valence-electron chi connectivity index (χ4n) is 4.14. The van der Waals surface area contributed by atoms with Gasteiger partial charge in [-0.2, -0.15) is 5.10 Å². The zero-order valence-electron chi connectivity index (χ0n) is 20.1. The van der Waals surface area contributed by atoms with E-state index in [1.54, 1.807) is 30.5 Å². The van der Waals surface area contributed by atoms with Gasteiger partial charge in [-0.3, -0.25) is 4.79 Å². The van der Waals surface area contributed by atoms with E-state index < -0.39 is 30.7 Å². The molecule has 3 heterocycles. The van der Waals surface area contributed by atoms with Crippen molar-refractivity contribution in [3.8, 4) is 11.5 Å². The van der Waals surface area contributed by atoms with Gasteiger partial charge in [0.25, 0.3) is 6.43 Å². The van der Waals surface area contributed by atoms with Crippen molar-refractivity contribution in [2.75, 3.05) is 18.1 Å². The Balaban J connectivity index is 1.35. The minimum atomic E-state index is -2.65. The number of ketones is 1. The lowest BCUT2D eigenvalue weighted by atomic mass is 10.0. The minimum absolute atomic E-state index is 0.0563. The molecule has 0 bridgehead atoms. The first kappa shape index (κ1) is 24.9. The first-order chi connectivity index (χ1) is 18.2. The van der Waals surface area contributed by atoms with Gasteiger partial charge in [0.15, 0.2) is 11.6 Å². The number of carbonyl (C=O) groups excluding carboxylic acids is 1. The first-order valence-electron chi connectivity index (χ1n) is 11.6. The van der Waals surface area contributed by atoms with Gasteiger partial charge in [-0.25, -0.2) is 22.8 Å². The maximum atomic E-state index is 13.9. The number of fused-ring (bicyclic) bond motifs is 1. The van der Waals surface area contributed by atoms with Crippen LogP contribution in [0.25, 0.3) is 10.9 Å². The van der Waals surface area contributed by atoms with Crippen LogP contribution in [0, 0.1) is 11.7 Å². The summed E-state index contributed by atoms with van der Waals surface area (Å²) in [5.74, 6) is -0.602. The van der Waals surface area contributed by atoms with Crippen LogP contribution in [0.2, 0.25) is 0 Å². The number of hydrogen-bond acceptors (Lipinski definition) is 7. The van der Waals surface area contributed by atoms with Crippen molar-refractivity contribution in [3.63, 3.8) is 0 Å². The average molecular weight is 525 g/mol. The monoisotopic (exact) mass is 524 g/mol. The predicted molar refractivity (Wildman–Crippen MR) is 136 cm³/mol. The van der Waals surface area contributed by atoms with Crippen LogP contribution in [0.4, 0.5) is 24.7 Å². The Hall–Kier alpha value is -4.74. The number of anilines is 2. The molecule has 38 heavy (non-hydrogen) atoms. The molecule has 12 heteroatoms. The Bertz CT molecular complexity index is 1580. The Morgan fingerprint density at radius 3 is 2.71 bits per heavy atom. The minimum Gasteiger partial charge on any atom is -0.485 e. The smallest absolute Gasteiger partial charge is 0.272 e. The van der Waals surface area contributed by atoms with Gasteiger partial charge < -0.3 is 25.9 Å². The predicted octanol–water partition coefficient (Wildman–Crippen LogP) is 4.72. The molecule has 196 valence electrons. The number of rotatable bonds is 8. The van der Waals surface area contributed by atoms with E-state index in [4.69, 9.17) is 20.9 Å². The van der Waals surface area contributed by atoms with Gasteiger partial charge in [-0.1, -0.05) is 19.1 Å². The Kier molecular flexibility index (Phi) is 6.53. The Morgan fingerprint density at radius 2 is 1.97 bits per heavy atom. The van der Waals surface area contributed by atoms with Gasteiger partial charge >= 0.3 is 0 Å². The zero-order chi connectivity index (χ0) is 27.0. The molecule has 2 aromatic heterocycles. The largest absolute Gasteiger partial charge is 0.485 e. The second-order valence-electron chi connectivity index (χ2n) is 8.74. The molecule has 5 rings (SSSR count). The first-order valence-corrected chi connectivity index (χ1v) is 11.6. The van der Waals surface area contributed by atoms with Crippen LogP contribution in [0.1, 0.15) is 29.0 Å². The van der Waals surface area contributed by atoms with Crippen molar-refractivity contribution in [3.05, 3.63) is 77.7 Å². The van der Waals surface area contributed by atoms with Crippen molar-refractivity contribution in [1.82, 2.24) is 14.8 Å². The fraction of sp³-hybridized carbons (Fsp3) is 0.192. The highest BCUT2D eigenvalue weighted by molar-refractivity contribution is 6.12. The number of aromatic amines is 1. The molecule has 9 nitrogen and oxygen atoms in total. The van der Waals surface area contributed by atoms with Gasteiger partial charge in [0, 0.05) is 23.0 Å². The van der Waals surface area contributed by atoms with Crippen LogP contribution < -0.4 is 20.9 Å². The molecular formula is C26H23F3N6O3. The average Bonchev–Trinajstić information content (AvgIpc) is 3.46. The normalized spacial score (nSPS) is 17.1. The van der Waals surface area contributed by atoms with E-state index in [0.29, 0.717) is 10.9 Å².